The summed E-state index contributed by atoms with van der Waals surface area (Å²) in [5.41, 5.74) is 10.8. The molecule has 7 nitrogen and oxygen atoms in total. The van der Waals surface area contributed by atoms with Crippen LogP contribution >= 0.6 is 23.2 Å². The van der Waals surface area contributed by atoms with Crippen LogP contribution < -0.4 is 20.9 Å². The molecular formula is C39H40Cl2N4O3. The van der Waals surface area contributed by atoms with Crippen molar-refractivity contribution in [2.75, 3.05) is 16.3 Å². The van der Waals surface area contributed by atoms with Gasteiger partial charge in [-0.25, -0.2) is 0 Å². The van der Waals surface area contributed by atoms with E-state index in [0.29, 0.717) is 22.2 Å². The third-order valence-corrected chi connectivity index (χ3v) is 9.17. The quantitative estimate of drug-likeness (QED) is 0.147. The zero-order valence-electron chi connectivity index (χ0n) is 27.1. The highest BCUT2D eigenvalue weighted by Gasteiger charge is 2.39. The number of nitrogens with zero attached hydrogens (tertiary/aromatic N) is 2. The van der Waals surface area contributed by atoms with Gasteiger partial charge in [-0.15, -0.1) is 6.58 Å². The van der Waals surface area contributed by atoms with Crippen molar-refractivity contribution in [3.63, 3.8) is 0 Å². The van der Waals surface area contributed by atoms with Crippen LogP contribution in [0.15, 0.2) is 110 Å². The number of carbonyl (C=O) groups is 3. The number of benzene rings is 4. The minimum Gasteiger partial charge on any atom is -0.369 e. The van der Waals surface area contributed by atoms with E-state index in [2.05, 4.69) is 16.8 Å². The number of para-hydroxylation sites is 3. The molecule has 3 amide bonds. The van der Waals surface area contributed by atoms with Crippen LogP contribution in [0, 0.1) is 17.8 Å². The van der Waals surface area contributed by atoms with Crippen molar-refractivity contribution in [2.24, 2.45) is 23.5 Å². The Morgan fingerprint density at radius 2 is 1.65 bits per heavy atom. The van der Waals surface area contributed by atoms with E-state index in [4.69, 9.17) is 28.9 Å². The summed E-state index contributed by atoms with van der Waals surface area (Å²) in [6.45, 7) is 8.17. The second kappa shape index (κ2) is 15.5. The molecule has 0 saturated heterocycles. The van der Waals surface area contributed by atoms with E-state index in [1.165, 1.54) is 0 Å². The Kier molecular flexibility index (Phi) is 11.2. The number of rotatable bonds is 12. The highest BCUT2D eigenvalue weighted by atomic mass is 35.5. The first-order chi connectivity index (χ1) is 23.1. The number of primary amides is 1. The molecular weight excluding hydrogens is 643 g/mol. The predicted octanol–water partition coefficient (Wildman–Crippen LogP) is 8.17. The molecule has 0 spiro atoms. The summed E-state index contributed by atoms with van der Waals surface area (Å²) in [4.78, 5) is 45.1. The average molecular weight is 684 g/mol. The van der Waals surface area contributed by atoms with Crippen LogP contribution in [0.25, 0.3) is 11.1 Å². The molecule has 5 rings (SSSR count). The maximum Gasteiger partial charge on any atom is 0.251 e. The van der Waals surface area contributed by atoms with E-state index in [1.807, 2.05) is 98.8 Å². The Balaban J connectivity index is 1.56. The van der Waals surface area contributed by atoms with E-state index in [1.54, 1.807) is 23.1 Å². The van der Waals surface area contributed by atoms with Gasteiger partial charge in [0.2, 0.25) is 11.8 Å². The molecule has 1 heterocycles. The van der Waals surface area contributed by atoms with Crippen LogP contribution in [-0.4, -0.2) is 30.3 Å². The summed E-state index contributed by atoms with van der Waals surface area (Å²) in [6.07, 6.45) is 2.30. The summed E-state index contributed by atoms with van der Waals surface area (Å²) in [5, 5.41) is 4.14. The summed E-state index contributed by atoms with van der Waals surface area (Å²) in [7, 11) is 0. The number of halogens is 2. The Morgan fingerprint density at radius 1 is 0.938 bits per heavy atom. The van der Waals surface area contributed by atoms with E-state index in [0.717, 1.165) is 28.1 Å². The molecule has 3 atom stereocenters. The molecule has 0 radical (unpaired) electrons. The van der Waals surface area contributed by atoms with Crippen LogP contribution in [0.3, 0.4) is 0 Å². The molecule has 9 heteroatoms. The normalized spacial score (nSPS) is 15.8. The molecule has 4 aromatic rings. The van der Waals surface area contributed by atoms with Gasteiger partial charge < -0.3 is 20.9 Å². The molecule has 3 N–H and O–H groups in total. The van der Waals surface area contributed by atoms with Gasteiger partial charge >= 0.3 is 0 Å². The van der Waals surface area contributed by atoms with Crippen molar-refractivity contribution in [3.05, 3.63) is 125 Å². The third-order valence-electron chi connectivity index (χ3n) is 8.62. The first-order valence-electron chi connectivity index (χ1n) is 16.0. The summed E-state index contributed by atoms with van der Waals surface area (Å²) in [6, 6.07) is 29.8. The van der Waals surface area contributed by atoms with Gasteiger partial charge in [-0.1, -0.05) is 97.7 Å². The van der Waals surface area contributed by atoms with Crippen molar-refractivity contribution in [1.82, 2.24) is 5.32 Å². The minimum atomic E-state index is -0.939. The number of anilines is 3. The van der Waals surface area contributed by atoms with Gasteiger partial charge in [0.25, 0.3) is 5.91 Å². The van der Waals surface area contributed by atoms with Gasteiger partial charge in [0.05, 0.1) is 36.3 Å². The first-order valence-corrected chi connectivity index (χ1v) is 16.8. The van der Waals surface area contributed by atoms with Gasteiger partial charge in [0.1, 0.15) is 6.04 Å². The highest BCUT2D eigenvalue weighted by Crippen LogP contribution is 2.39. The standard InChI is InChI=1S/C39H40Cl2N4O3/c1-4-11-31(37(42)46)32(20-25(2)3)38(47)43-34-24-44(29-14-6-5-7-15-29)35-16-8-9-17-36(35)45(39(34)48)23-26-12-10-13-27(21-26)30-19-18-28(40)22-33(30)41/h4-10,12-19,21-22,25,31-32,34H,1,11,20,23-24H2,2-3H3,(H2,42,46)(H,43,47). The number of amides is 3. The monoisotopic (exact) mass is 682 g/mol. The molecule has 0 bridgehead atoms. The lowest BCUT2D eigenvalue weighted by molar-refractivity contribution is -0.135. The fourth-order valence-electron chi connectivity index (χ4n) is 6.35. The topological polar surface area (TPSA) is 95.7 Å². The molecule has 0 aromatic heterocycles. The number of hydrogen-bond donors (Lipinski definition) is 2. The zero-order valence-corrected chi connectivity index (χ0v) is 28.6. The maximum absolute atomic E-state index is 14.7. The maximum atomic E-state index is 14.7. The van der Waals surface area contributed by atoms with Crippen LogP contribution in [-0.2, 0) is 20.9 Å². The van der Waals surface area contributed by atoms with Crippen molar-refractivity contribution in [1.29, 1.82) is 0 Å². The van der Waals surface area contributed by atoms with Gasteiger partial charge in [-0.2, -0.15) is 0 Å². The van der Waals surface area contributed by atoms with Gasteiger partial charge in [0, 0.05) is 21.3 Å². The molecule has 3 unspecified atom stereocenters. The van der Waals surface area contributed by atoms with Crippen molar-refractivity contribution < 1.29 is 14.4 Å². The first kappa shape index (κ1) is 34.7. The number of fused-ring (bicyclic) bond motifs is 1. The van der Waals surface area contributed by atoms with E-state index in [-0.39, 0.29) is 37.2 Å². The molecule has 48 heavy (non-hydrogen) atoms. The third kappa shape index (κ3) is 7.92. The van der Waals surface area contributed by atoms with E-state index in [9.17, 15) is 14.4 Å². The number of hydrogen-bond acceptors (Lipinski definition) is 4. The molecule has 4 aromatic carbocycles. The number of carbonyl (C=O) groups excluding carboxylic acids is 3. The van der Waals surface area contributed by atoms with Crippen LogP contribution in [0.4, 0.5) is 17.1 Å². The molecule has 0 saturated carbocycles. The molecule has 248 valence electrons. The zero-order chi connectivity index (χ0) is 34.4. The Hall–Kier alpha value is -4.59. The summed E-state index contributed by atoms with van der Waals surface area (Å²) < 4.78 is 0. The SMILES string of the molecule is C=CCC(C(N)=O)C(CC(C)C)C(=O)NC1CN(c2ccccc2)c2ccccc2N(Cc2cccc(-c3ccc(Cl)cc3Cl)c2)C1=O. The fraction of sp³-hybridized carbons (Fsp3) is 0.256. The fourth-order valence-corrected chi connectivity index (χ4v) is 6.87. The second-order valence-corrected chi connectivity index (χ2v) is 13.4. The van der Waals surface area contributed by atoms with E-state index >= 15 is 0 Å². The minimum absolute atomic E-state index is 0.111. The molecule has 0 fully saturated rings. The number of allylic oxidation sites excluding steroid dienone is 1. The van der Waals surface area contributed by atoms with Gasteiger partial charge in [-0.3, -0.25) is 14.4 Å². The average Bonchev–Trinajstić information content (AvgIpc) is 3.17. The Bertz CT molecular complexity index is 1800. The van der Waals surface area contributed by atoms with Crippen LogP contribution in [0.1, 0.15) is 32.3 Å². The van der Waals surface area contributed by atoms with Crippen LogP contribution in [0.2, 0.25) is 10.0 Å². The van der Waals surface area contributed by atoms with Gasteiger partial charge in [-0.05, 0) is 72.4 Å². The van der Waals surface area contributed by atoms with Crippen molar-refractivity contribution in [2.45, 2.75) is 39.3 Å². The Labute approximate surface area is 292 Å². The summed E-state index contributed by atoms with van der Waals surface area (Å²) in [5.74, 6) is -2.58. The molecule has 1 aliphatic rings. The van der Waals surface area contributed by atoms with Crippen LogP contribution in [0.5, 0.6) is 0 Å². The van der Waals surface area contributed by atoms with Crippen molar-refractivity contribution in [3.8, 4) is 11.1 Å². The predicted molar refractivity (Wildman–Crippen MR) is 195 cm³/mol. The largest absolute Gasteiger partial charge is 0.369 e. The lowest BCUT2D eigenvalue weighted by Crippen LogP contribution is -2.54. The van der Waals surface area contributed by atoms with Crippen molar-refractivity contribution >= 4 is 58.0 Å². The molecule has 1 aliphatic heterocycles. The molecule has 0 aliphatic carbocycles. The second-order valence-electron chi connectivity index (χ2n) is 12.5. The highest BCUT2D eigenvalue weighted by molar-refractivity contribution is 6.36. The van der Waals surface area contributed by atoms with E-state index < -0.39 is 23.8 Å². The number of nitrogens with two attached hydrogens (primary N) is 1. The summed E-state index contributed by atoms with van der Waals surface area (Å²) >= 11 is 12.7. The Morgan fingerprint density at radius 3 is 2.31 bits per heavy atom. The van der Waals surface area contributed by atoms with Gasteiger partial charge in [0.15, 0.2) is 0 Å². The lowest BCUT2D eigenvalue weighted by atomic mass is 9.82. The lowest BCUT2D eigenvalue weighted by Gasteiger charge is -2.30. The smallest absolute Gasteiger partial charge is 0.251 e. The number of nitrogens with one attached hydrogen (secondary N) is 1.